The molecule has 0 radical (unpaired) electrons. The van der Waals surface area contributed by atoms with Gasteiger partial charge >= 0.3 is 0 Å². The smallest absolute Gasteiger partial charge is 0.0790 e. The zero-order chi connectivity index (χ0) is 12.3. The number of rotatable bonds is 4. The Bertz CT molecular complexity index is 505. The lowest BCUT2D eigenvalue weighted by atomic mass is 10.1. The van der Waals surface area contributed by atoms with Gasteiger partial charge in [-0.25, -0.2) is 4.68 Å². The number of nitrogens with two attached hydrogens (primary N) is 1. The number of halogens is 1. The highest BCUT2D eigenvalue weighted by Gasteiger charge is 2.09. The van der Waals surface area contributed by atoms with Crippen LogP contribution in [0.15, 0.2) is 34.9 Å². The molecule has 0 fully saturated rings. The molecule has 2 N–H and O–H groups in total. The van der Waals surface area contributed by atoms with E-state index < -0.39 is 0 Å². The summed E-state index contributed by atoms with van der Waals surface area (Å²) in [4.78, 5) is 0. The van der Waals surface area contributed by atoms with E-state index >= 15 is 0 Å². The van der Waals surface area contributed by atoms with E-state index in [1.807, 2.05) is 29.1 Å². The van der Waals surface area contributed by atoms with Gasteiger partial charge in [0.15, 0.2) is 0 Å². The average Bonchev–Trinajstić information content (AvgIpc) is 2.69. The quantitative estimate of drug-likeness (QED) is 0.942. The first-order chi connectivity index (χ1) is 8.24. The first-order valence-electron chi connectivity index (χ1n) is 5.72. The molecule has 0 bridgehead atoms. The SMILES string of the molecule is Cc1c(CCCN)cnn1-c1ccccc1Br. The van der Waals surface area contributed by atoms with Gasteiger partial charge in [-0.1, -0.05) is 12.1 Å². The molecule has 1 aromatic heterocycles. The highest BCUT2D eigenvalue weighted by molar-refractivity contribution is 9.10. The maximum atomic E-state index is 5.53. The van der Waals surface area contributed by atoms with Gasteiger partial charge in [0.25, 0.3) is 0 Å². The van der Waals surface area contributed by atoms with Crippen molar-refractivity contribution >= 4 is 15.9 Å². The van der Waals surface area contributed by atoms with Crippen molar-refractivity contribution in [3.05, 3.63) is 46.2 Å². The Morgan fingerprint density at radius 1 is 1.35 bits per heavy atom. The van der Waals surface area contributed by atoms with Crippen molar-refractivity contribution in [2.45, 2.75) is 19.8 Å². The van der Waals surface area contributed by atoms with Crippen LogP contribution in [0, 0.1) is 6.92 Å². The standard InChI is InChI=1S/C13H16BrN3/c1-10-11(5-4-8-15)9-16-17(10)13-7-3-2-6-12(13)14/h2-3,6-7,9H,4-5,8,15H2,1H3. The highest BCUT2D eigenvalue weighted by Crippen LogP contribution is 2.22. The number of aryl methyl sites for hydroxylation is 1. The number of aromatic nitrogens is 2. The maximum Gasteiger partial charge on any atom is 0.0790 e. The van der Waals surface area contributed by atoms with Crippen LogP contribution in [0.25, 0.3) is 5.69 Å². The summed E-state index contributed by atoms with van der Waals surface area (Å²) in [6.07, 6.45) is 3.93. The van der Waals surface area contributed by atoms with Crippen molar-refractivity contribution in [2.24, 2.45) is 5.73 Å². The summed E-state index contributed by atoms with van der Waals surface area (Å²) >= 11 is 3.55. The third kappa shape index (κ3) is 2.58. The molecule has 0 aliphatic heterocycles. The highest BCUT2D eigenvalue weighted by atomic mass is 79.9. The Balaban J connectivity index is 2.34. The van der Waals surface area contributed by atoms with Crippen LogP contribution in [0.3, 0.4) is 0 Å². The first kappa shape index (κ1) is 12.3. The number of nitrogens with zero attached hydrogens (tertiary/aromatic N) is 2. The second-order valence-electron chi connectivity index (χ2n) is 4.01. The van der Waals surface area contributed by atoms with E-state index in [0.29, 0.717) is 0 Å². The predicted molar refractivity (Wildman–Crippen MR) is 73.4 cm³/mol. The molecular weight excluding hydrogens is 278 g/mol. The van der Waals surface area contributed by atoms with Gasteiger partial charge in [-0.3, -0.25) is 0 Å². The van der Waals surface area contributed by atoms with Crippen molar-refractivity contribution in [1.29, 1.82) is 0 Å². The van der Waals surface area contributed by atoms with E-state index in [2.05, 4.69) is 34.0 Å². The molecule has 0 amide bonds. The molecule has 1 aromatic carbocycles. The fourth-order valence-electron chi connectivity index (χ4n) is 1.85. The molecule has 0 spiro atoms. The summed E-state index contributed by atoms with van der Waals surface area (Å²) in [6.45, 7) is 2.82. The second-order valence-corrected chi connectivity index (χ2v) is 4.86. The first-order valence-corrected chi connectivity index (χ1v) is 6.52. The zero-order valence-electron chi connectivity index (χ0n) is 9.86. The largest absolute Gasteiger partial charge is 0.330 e. The summed E-state index contributed by atoms with van der Waals surface area (Å²) in [7, 11) is 0. The summed E-state index contributed by atoms with van der Waals surface area (Å²) in [5.74, 6) is 0. The number of hydrogen-bond acceptors (Lipinski definition) is 2. The second kappa shape index (κ2) is 5.47. The molecule has 2 rings (SSSR count). The van der Waals surface area contributed by atoms with Gasteiger partial charge in [-0.2, -0.15) is 5.10 Å². The fraction of sp³-hybridized carbons (Fsp3) is 0.308. The molecule has 2 aromatic rings. The summed E-state index contributed by atoms with van der Waals surface area (Å²) < 4.78 is 3.02. The van der Waals surface area contributed by atoms with Gasteiger partial charge in [-0.15, -0.1) is 0 Å². The monoisotopic (exact) mass is 293 g/mol. The van der Waals surface area contributed by atoms with Crippen LogP contribution in [0.5, 0.6) is 0 Å². The van der Waals surface area contributed by atoms with Crippen molar-refractivity contribution in [3.63, 3.8) is 0 Å². The molecule has 3 nitrogen and oxygen atoms in total. The molecule has 90 valence electrons. The summed E-state index contributed by atoms with van der Waals surface area (Å²) in [5, 5.41) is 4.45. The number of hydrogen-bond donors (Lipinski definition) is 1. The topological polar surface area (TPSA) is 43.8 Å². The van der Waals surface area contributed by atoms with E-state index in [0.717, 1.165) is 29.5 Å². The van der Waals surface area contributed by atoms with Crippen LogP contribution in [0.2, 0.25) is 0 Å². The lowest BCUT2D eigenvalue weighted by molar-refractivity contribution is 0.814. The molecular formula is C13H16BrN3. The van der Waals surface area contributed by atoms with E-state index in [1.54, 1.807) is 0 Å². The Kier molecular flexibility index (Phi) is 3.97. The Hall–Kier alpha value is -1.13. The van der Waals surface area contributed by atoms with Gasteiger partial charge < -0.3 is 5.73 Å². The van der Waals surface area contributed by atoms with E-state index in [9.17, 15) is 0 Å². The molecule has 0 aliphatic carbocycles. The van der Waals surface area contributed by atoms with Crippen LogP contribution < -0.4 is 5.73 Å². The van der Waals surface area contributed by atoms with E-state index in [-0.39, 0.29) is 0 Å². The van der Waals surface area contributed by atoms with Gasteiger partial charge in [0.2, 0.25) is 0 Å². The molecule has 17 heavy (non-hydrogen) atoms. The molecule has 0 unspecified atom stereocenters. The zero-order valence-corrected chi connectivity index (χ0v) is 11.4. The van der Waals surface area contributed by atoms with Gasteiger partial charge in [0, 0.05) is 10.2 Å². The fourth-order valence-corrected chi connectivity index (χ4v) is 2.30. The van der Waals surface area contributed by atoms with E-state index in [1.165, 1.54) is 11.3 Å². The number of para-hydroxylation sites is 1. The Morgan fingerprint density at radius 3 is 2.82 bits per heavy atom. The number of benzene rings is 1. The van der Waals surface area contributed by atoms with Crippen molar-refractivity contribution < 1.29 is 0 Å². The van der Waals surface area contributed by atoms with Crippen LogP contribution >= 0.6 is 15.9 Å². The van der Waals surface area contributed by atoms with E-state index in [4.69, 9.17) is 5.73 Å². The van der Waals surface area contributed by atoms with Crippen molar-refractivity contribution in [1.82, 2.24) is 9.78 Å². The Labute approximate surface area is 110 Å². The third-order valence-corrected chi connectivity index (χ3v) is 3.51. The minimum atomic E-state index is 0.722. The summed E-state index contributed by atoms with van der Waals surface area (Å²) in [5.41, 5.74) is 9.06. The normalized spacial score (nSPS) is 10.8. The van der Waals surface area contributed by atoms with Gasteiger partial charge in [0.1, 0.15) is 0 Å². The molecule has 4 heteroatoms. The van der Waals surface area contributed by atoms with Crippen molar-refractivity contribution in [2.75, 3.05) is 6.54 Å². The molecule has 0 atom stereocenters. The molecule has 1 heterocycles. The average molecular weight is 294 g/mol. The van der Waals surface area contributed by atoms with Crippen molar-refractivity contribution in [3.8, 4) is 5.69 Å². The third-order valence-electron chi connectivity index (χ3n) is 2.84. The minimum Gasteiger partial charge on any atom is -0.330 e. The predicted octanol–water partition coefficient (Wildman–Crippen LogP) is 2.83. The lowest BCUT2D eigenvalue weighted by Gasteiger charge is -2.07. The van der Waals surface area contributed by atoms with Crippen LogP contribution in [0.1, 0.15) is 17.7 Å². The van der Waals surface area contributed by atoms with Gasteiger partial charge in [0.05, 0.1) is 11.9 Å². The lowest BCUT2D eigenvalue weighted by Crippen LogP contribution is -2.02. The maximum absolute atomic E-state index is 5.53. The van der Waals surface area contributed by atoms with Gasteiger partial charge in [-0.05, 0) is 59.9 Å². The molecule has 0 saturated carbocycles. The van der Waals surface area contributed by atoms with Crippen LogP contribution in [-0.2, 0) is 6.42 Å². The van der Waals surface area contributed by atoms with Crippen LogP contribution in [0.4, 0.5) is 0 Å². The molecule has 0 saturated heterocycles. The molecule has 0 aliphatic rings. The van der Waals surface area contributed by atoms with Crippen LogP contribution in [-0.4, -0.2) is 16.3 Å². The minimum absolute atomic E-state index is 0.722. The summed E-state index contributed by atoms with van der Waals surface area (Å²) in [6, 6.07) is 8.09. The Morgan fingerprint density at radius 2 is 2.12 bits per heavy atom.